The van der Waals surface area contributed by atoms with Gasteiger partial charge in [-0.05, 0) is 0 Å². The van der Waals surface area contributed by atoms with Gasteiger partial charge in [0.2, 0.25) is 0 Å². The monoisotopic (exact) mass is 247 g/mol. The lowest BCUT2D eigenvalue weighted by molar-refractivity contribution is -0.777. The number of aliphatic hydroxyl groups excluding tert-OH is 1. The van der Waals surface area contributed by atoms with Gasteiger partial charge < -0.3 is 15.1 Å². The zero-order valence-electron chi connectivity index (χ0n) is 7.64. The minimum absolute atomic E-state index is 0.299. The first kappa shape index (κ1) is 14.5. The van der Waals surface area contributed by atoms with Gasteiger partial charge in [-0.25, -0.2) is 4.79 Å². The van der Waals surface area contributed by atoms with E-state index < -0.39 is 29.2 Å². The van der Waals surface area contributed by atoms with Gasteiger partial charge in [0.25, 0.3) is 0 Å². The number of hydrogen-bond donors (Lipinski definition) is 1. The van der Waals surface area contributed by atoms with E-state index in [1.54, 1.807) is 0 Å². The van der Waals surface area contributed by atoms with E-state index in [0.717, 1.165) is 0 Å². The van der Waals surface area contributed by atoms with Crippen molar-refractivity contribution < 1.29 is 38.0 Å². The van der Waals surface area contributed by atoms with Crippen molar-refractivity contribution in [1.29, 1.82) is 0 Å². The summed E-state index contributed by atoms with van der Waals surface area (Å²) in [6.07, 6.45) is 0. The number of hydrogen-bond acceptors (Lipinski definition) is 7. The Hall–Kier alpha value is -0.480. The summed E-state index contributed by atoms with van der Waals surface area (Å²) in [5, 5.41) is 16.4. The van der Waals surface area contributed by atoms with Crippen molar-refractivity contribution in [3.05, 3.63) is 0 Å². The average Bonchev–Trinajstić information content (AvgIpc) is 2.22. The van der Waals surface area contributed by atoms with Crippen molar-refractivity contribution >= 4 is 18.0 Å². The molecule has 1 N–H and O–H groups in total. The molecule has 0 radical (unpaired) electrons. The lowest BCUT2D eigenvalue weighted by atomic mass is 10.2. The Morgan fingerprint density at radius 1 is 1.67 bits per heavy atom. The summed E-state index contributed by atoms with van der Waals surface area (Å²) in [6.45, 7) is 0.839. The Bertz CT molecular complexity index is 202. The van der Waals surface area contributed by atoms with Crippen molar-refractivity contribution in [2.24, 2.45) is 5.92 Å². The van der Waals surface area contributed by atoms with E-state index in [2.05, 4.69) is 14.1 Å². The van der Waals surface area contributed by atoms with Gasteiger partial charge in [0.05, 0.1) is 6.61 Å². The predicted molar refractivity (Wildman–Crippen MR) is 41.9 cm³/mol. The molecule has 0 aromatic carbocycles. The van der Waals surface area contributed by atoms with Crippen LogP contribution in [0.2, 0.25) is 0 Å². The molecule has 1 atom stereocenters. The highest BCUT2D eigenvalue weighted by Crippen LogP contribution is 2.31. The lowest BCUT2D eigenvalue weighted by Gasteiger charge is -2.15. The van der Waals surface area contributed by atoms with Gasteiger partial charge in [-0.1, -0.05) is 6.92 Å². The second-order valence-corrected chi connectivity index (χ2v) is 3.44. The number of aliphatic hydroxyl groups is 1. The second kappa shape index (κ2) is 6.90. The summed E-state index contributed by atoms with van der Waals surface area (Å²) in [4.78, 5) is 10.7. The molecular formula is C6H9F2O6S-. The summed E-state index contributed by atoms with van der Waals surface area (Å²) in [5.41, 5.74) is 0. The average molecular weight is 247 g/mol. The highest BCUT2D eigenvalue weighted by Gasteiger charge is 2.43. The molecule has 15 heavy (non-hydrogen) atoms. The Morgan fingerprint density at radius 2 is 2.27 bits per heavy atom. The Balaban J connectivity index is 3.96. The van der Waals surface area contributed by atoms with Crippen molar-refractivity contribution in [2.75, 3.05) is 13.2 Å². The van der Waals surface area contributed by atoms with Crippen LogP contribution in [0.5, 0.6) is 0 Å². The minimum Gasteiger partial charge on any atom is -0.691 e. The number of esters is 1. The molecule has 0 amide bonds. The van der Waals surface area contributed by atoms with E-state index in [1.165, 1.54) is 6.92 Å². The molecular weight excluding hydrogens is 238 g/mol. The fourth-order valence-corrected chi connectivity index (χ4v) is 0.686. The van der Waals surface area contributed by atoms with Crippen molar-refractivity contribution in [3.63, 3.8) is 0 Å². The van der Waals surface area contributed by atoms with Crippen LogP contribution in [0.15, 0.2) is 0 Å². The first-order chi connectivity index (χ1) is 6.94. The van der Waals surface area contributed by atoms with E-state index >= 15 is 0 Å². The first-order valence-corrected chi connectivity index (χ1v) is 4.48. The maximum absolute atomic E-state index is 12.6. The molecule has 0 fully saturated rings. The van der Waals surface area contributed by atoms with Gasteiger partial charge in [-0.2, -0.15) is 13.1 Å². The number of carbonyl (C=O) groups is 1. The van der Waals surface area contributed by atoms with Crippen LogP contribution in [0.1, 0.15) is 6.92 Å². The molecule has 0 spiro atoms. The van der Waals surface area contributed by atoms with Crippen molar-refractivity contribution in [3.8, 4) is 0 Å². The van der Waals surface area contributed by atoms with E-state index in [-0.39, 0.29) is 13.2 Å². The topological polar surface area (TPSA) is 88.1 Å². The quantitative estimate of drug-likeness (QED) is 0.284. The summed E-state index contributed by atoms with van der Waals surface area (Å²) in [5.74, 6) is -2.32. The van der Waals surface area contributed by atoms with Gasteiger partial charge in [0.1, 0.15) is 12.0 Å². The van der Waals surface area contributed by atoms with Crippen LogP contribution in [0, 0.1) is 5.92 Å². The SMILES string of the molecule is CC(CO)COC(=O)C(F)(F)SOO[O-]. The molecule has 1 unspecified atom stereocenters. The molecule has 0 rings (SSSR count). The van der Waals surface area contributed by atoms with E-state index in [9.17, 15) is 18.8 Å². The molecule has 0 aromatic rings. The van der Waals surface area contributed by atoms with Crippen LogP contribution in [0.4, 0.5) is 8.78 Å². The second-order valence-electron chi connectivity index (χ2n) is 2.62. The number of halogens is 2. The Labute approximate surface area is 88.2 Å². The molecule has 0 saturated carbocycles. The summed E-state index contributed by atoms with van der Waals surface area (Å²) in [6, 6.07) is 0. The maximum Gasteiger partial charge on any atom is 0.415 e. The highest BCUT2D eigenvalue weighted by atomic mass is 32.2. The Kier molecular flexibility index (Phi) is 6.68. The van der Waals surface area contributed by atoms with E-state index in [0.29, 0.717) is 0 Å². The van der Waals surface area contributed by atoms with Crippen LogP contribution < -0.4 is 5.26 Å². The number of rotatable bonds is 7. The molecule has 0 aliphatic carbocycles. The molecule has 6 nitrogen and oxygen atoms in total. The standard InChI is InChI=1S/C6H10F2O6S/c1-4(2-9)3-12-5(10)6(7,8)15-14-13-11/h4,9,11H,2-3H2,1H3/p-1. The van der Waals surface area contributed by atoms with Gasteiger partial charge in [-0.15, -0.1) is 0 Å². The highest BCUT2D eigenvalue weighted by molar-refractivity contribution is 7.96. The van der Waals surface area contributed by atoms with Crippen LogP contribution >= 0.6 is 12.0 Å². The number of ether oxygens (including phenoxy) is 1. The van der Waals surface area contributed by atoms with Gasteiger partial charge in [0, 0.05) is 12.5 Å². The van der Waals surface area contributed by atoms with Gasteiger partial charge >= 0.3 is 11.2 Å². The third-order valence-electron chi connectivity index (χ3n) is 1.21. The van der Waals surface area contributed by atoms with Crippen LogP contribution in [-0.2, 0) is 18.9 Å². The molecule has 0 heterocycles. The third kappa shape index (κ3) is 5.85. The van der Waals surface area contributed by atoms with Crippen LogP contribution in [-0.4, -0.2) is 29.5 Å². The lowest BCUT2D eigenvalue weighted by Crippen LogP contribution is -2.29. The number of alkyl halides is 2. The summed E-state index contributed by atoms with van der Waals surface area (Å²) in [7, 11) is 0. The molecule has 9 heteroatoms. The fourth-order valence-electron chi connectivity index (χ4n) is 0.445. The van der Waals surface area contributed by atoms with Crippen molar-refractivity contribution in [1.82, 2.24) is 0 Å². The fraction of sp³-hybridized carbons (Fsp3) is 0.833. The van der Waals surface area contributed by atoms with Crippen LogP contribution in [0.25, 0.3) is 0 Å². The molecule has 0 aliphatic heterocycles. The van der Waals surface area contributed by atoms with Gasteiger partial charge in [-0.3, -0.25) is 5.04 Å². The zero-order chi connectivity index (χ0) is 11.9. The molecule has 90 valence electrons. The normalized spacial score (nSPS) is 13.7. The smallest absolute Gasteiger partial charge is 0.415 e. The summed E-state index contributed by atoms with van der Waals surface area (Å²) >= 11 is -0.759. The summed E-state index contributed by atoms with van der Waals surface area (Å²) < 4.78 is 32.7. The Morgan fingerprint density at radius 3 is 2.73 bits per heavy atom. The minimum atomic E-state index is -4.03. The predicted octanol–water partition coefficient (Wildman–Crippen LogP) is -0.378. The molecule has 0 bridgehead atoms. The van der Waals surface area contributed by atoms with Crippen LogP contribution in [0.3, 0.4) is 0 Å². The van der Waals surface area contributed by atoms with Gasteiger partial charge in [0.15, 0.2) is 0 Å². The first-order valence-electron chi connectivity index (χ1n) is 3.74. The number of carbonyl (C=O) groups excluding carboxylic acids is 1. The third-order valence-corrected chi connectivity index (χ3v) is 1.71. The largest absolute Gasteiger partial charge is 0.691 e. The van der Waals surface area contributed by atoms with E-state index in [4.69, 9.17) is 5.11 Å². The van der Waals surface area contributed by atoms with E-state index in [1.807, 2.05) is 0 Å². The van der Waals surface area contributed by atoms with Crippen molar-refractivity contribution in [2.45, 2.75) is 12.2 Å². The molecule has 0 aromatic heterocycles. The zero-order valence-corrected chi connectivity index (χ0v) is 8.46. The molecule has 0 saturated heterocycles. The maximum atomic E-state index is 12.6. The molecule has 0 aliphatic rings.